The molecule has 17 heavy (non-hydrogen) atoms. The van der Waals surface area contributed by atoms with Gasteiger partial charge in [0.15, 0.2) is 0 Å². The zero-order valence-electron chi connectivity index (χ0n) is 9.95. The van der Waals surface area contributed by atoms with Crippen molar-refractivity contribution in [3.63, 3.8) is 0 Å². The van der Waals surface area contributed by atoms with Crippen molar-refractivity contribution in [1.29, 1.82) is 0 Å². The summed E-state index contributed by atoms with van der Waals surface area (Å²) in [6.07, 6.45) is 15.6. The molecule has 0 aliphatic heterocycles. The smallest absolute Gasteiger partial charge is 0.106 e. The Balaban J connectivity index is -0.000000106. The van der Waals surface area contributed by atoms with Crippen LogP contribution >= 0.6 is 0 Å². The average Bonchev–Trinajstić information content (AvgIpc) is 2.36. The van der Waals surface area contributed by atoms with E-state index in [0.29, 0.717) is 0 Å². The summed E-state index contributed by atoms with van der Waals surface area (Å²) in [6.45, 7) is 8.16. The Bertz CT molecular complexity index is 251. The molecule has 0 amide bonds. The summed E-state index contributed by atoms with van der Waals surface area (Å²) in [6, 6.07) is 0. The van der Waals surface area contributed by atoms with Crippen molar-refractivity contribution < 1.29 is 33.9 Å². The van der Waals surface area contributed by atoms with Crippen LogP contribution in [0.5, 0.6) is 0 Å². The Morgan fingerprint density at radius 3 is 1.71 bits per heavy atom. The van der Waals surface area contributed by atoms with E-state index in [1.54, 1.807) is 0 Å². The summed E-state index contributed by atoms with van der Waals surface area (Å²) in [7, 11) is 0. The van der Waals surface area contributed by atoms with Gasteiger partial charge in [0.2, 0.25) is 0 Å². The monoisotopic (exact) mass is 324 g/mol. The predicted octanol–water partition coefficient (Wildman–Crippen LogP) is 2.45. The zero-order chi connectivity index (χ0) is 13.2. The molecule has 0 fully saturated rings. The SMILES string of the molecule is C=O.C=O.C=O.CCC1=C/C=C\C=C/C=C1.[Ru]. The molecule has 1 aliphatic carbocycles. The van der Waals surface area contributed by atoms with E-state index in [1.807, 2.05) is 38.6 Å². The molecule has 0 aromatic heterocycles. The molecule has 0 N–H and O–H groups in total. The number of hydrogen-bond donors (Lipinski definition) is 0. The minimum absolute atomic E-state index is 0. The maximum atomic E-state index is 8.00. The first kappa shape index (κ1) is 24.7. The maximum Gasteiger partial charge on any atom is 0.106 e. The summed E-state index contributed by atoms with van der Waals surface area (Å²) < 4.78 is 0. The third-order valence-electron chi connectivity index (χ3n) is 1.47. The molecule has 0 spiro atoms. The molecule has 1 rings (SSSR count). The van der Waals surface area contributed by atoms with Crippen molar-refractivity contribution in [1.82, 2.24) is 0 Å². The zero-order valence-corrected chi connectivity index (χ0v) is 11.7. The van der Waals surface area contributed by atoms with E-state index in [2.05, 4.69) is 31.2 Å². The van der Waals surface area contributed by atoms with E-state index in [-0.39, 0.29) is 19.5 Å². The van der Waals surface area contributed by atoms with Crippen molar-refractivity contribution >= 4 is 20.4 Å². The van der Waals surface area contributed by atoms with Gasteiger partial charge in [-0.1, -0.05) is 49.5 Å². The molecule has 1 aliphatic rings. The fourth-order valence-electron chi connectivity index (χ4n) is 0.842. The fourth-order valence-corrected chi connectivity index (χ4v) is 0.842. The molecule has 0 saturated carbocycles. The van der Waals surface area contributed by atoms with Crippen LogP contribution in [0.2, 0.25) is 0 Å². The number of allylic oxidation sites excluding steroid dienone is 8. The molecule has 0 atom stereocenters. The van der Waals surface area contributed by atoms with Gasteiger partial charge in [-0.2, -0.15) is 0 Å². The van der Waals surface area contributed by atoms with Crippen molar-refractivity contribution in [2.24, 2.45) is 0 Å². The summed E-state index contributed by atoms with van der Waals surface area (Å²) >= 11 is 0. The van der Waals surface area contributed by atoms with Crippen LogP contribution in [-0.4, -0.2) is 20.4 Å². The molecule has 0 unspecified atom stereocenters. The first-order chi connectivity index (χ1) is 7.93. The first-order valence-electron chi connectivity index (χ1n) is 4.50. The number of hydrogen-bond acceptors (Lipinski definition) is 3. The minimum atomic E-state index is 0. The van der Waals surface area contributed by atoms with Crippen LogP contribution in [0.25, 0.3) is 0 Å². The molecular weight excluding hydrogens is 305 g/mol. The fraction of sp³-hybridized carbons (Fsp3) is 0.154. The van der Waals surface area contributed by atoms with Gasteiger partial charge in [0.1, 0.15) is 20.4 Å². The molecule has 0 bridgehead atoms. The van der Waals surface area contributed by atoms with Gasteiger partial charge in [0.25, 0.3) is 0 Å². The second-order valence-electron chi connectivity index (χ2n) is 2.22. The standard InChI is InChI=1S/C10H12.3CH2O.Ru/c1-2-10-8-6-4-3-5-7-9-10;3*1-2;/h3-9H,2H2,1H3;3*1H2;/b4-3-,5-3?,6-4?,7-5-,8-6?,9-7?,10-8?,10-9?;;;;. The van der Waals surface area contributed by atoms with Gasteiger partial charge >= 0.3 is 0 Å². The minimum Gasteiger partial charge on any atom is -0.307 e. The van der Waals surface area contributed by atoms with Crippen molar-refractivity contribution in [3.8, 4) is 0 Å². The largest absolute Gasteiger partial charge is 0.307 e. The Morgan fingerprint density at radius 1 is 0.824 bits per heavy atom. The Kier molecular flexibility index (Phi) is 42.6. The molecule has 0 heterocycles. The van der Waals surface area contributed by atoms with Crippen LogP contribution < -0.4 is 0 Å². The summed E-state index contributed by atoms with van der Waals surface area (Å²) in [5.74, 6) is 0. The number of rotatable bonds is 1. The summed E-state index contributed by atoms with van der Waals surface area (Å²) in [4.78, 5) is 24.0. The van der Waals surface area contributed by atoms with Gasteiger partial charge in [-0.25, -0.2) is 0 Å². The van der Waals surface area contributed by atoms with Gasteiger partial charge in [-0.3, -0.25) is 0 Å². The average molecular weight is 323 g/mol. The normalized spacial score (nSPS) is 14.1. The van der Waals surface area contributed by atoms with Crippen LogP contribution in [0.1, 0.15) is 13.3 Å². The third kappa shape index (κ3) is 20.6. The van der Waals surface area contributed by atoms with Crippen LogP contribution in [-0.2, 0) is 33.9 Å². The topological polar surface area (TPSA) is 51.2 Å². The third-order valence-corrected chi connectivity index (χ3v) is 1.47. The number of carbonyl (C=O) groups is 3. The molecule has 96 valence electrons. The molecular formula is C13H18O3Ru. The van der Waals surface area contributed by atoms with Crippen LogP contribution in [0.3, 0.4) is 0 Å². The second kappa shape index (κ2) is 29.3. The Labute approximate surface area is 116 Å². The maximum absolute atomic E-state index is 8.00. The van der Waals surface area contributed by atoms with E-state index in [1.165, 1.54) is 5.57 Å². The molecule has 0 radical (unpaired) electrons. The van der Waals surface area contributed by atoms with Crippen molar-refractivity contribution in [2.75, 3.05) is 0 Å². The molecule has 4 heteroatoms. The van der Waals surface area contributed by atoms with E-state index in [0.717, 1.165) is 6.42 Å². The van der Waals surface area contributed by atoms with Gasteiger partial charge in [-0.05, 0) is 12.0 Å². The van der Waals surface area contributed by atoms with E-state index in [4.69, 9.17) is 14.4 Å². The van der Waals surface area contributed by atoms with E-state index < -0.39 is 0 Å². The van der Waals surface area contributed by atoms with Crippen LogP contribution in [0.4, 0.5) is 0 Å². The predicted molar refractivity (Wildman–Crippen MR) is 67.2 cm³/mol. The summed E-state index contributed by atoms with van der Waals surface area (Å²) in [5.41, 5.74) is 1.38. The Hall–Kier alpha value is -1.41. The van der Waals surface area contributed by atoms with Gasteiger partial charge in [-0.15, -0.1) is 0 Å². The van der Waals surface area contributed by atoms with Crippen LogP contribution in [0, 0.1) is 0 Å². The van der Waals surface area contributed by atoms with Gasteiger partial charge in [0, 0.05) is 19.5 Å². The first-order valence-corrected chi connectivity index (χ1v) is 4.50. The molecule has 0 saturated heterocycles. The second-order valence-corrected chi connectivity index (χ2v) is 2.22. The van der Waals surface area contributed by atoms with Gasteiger partial charge in [0.05, 0.1) is 0 Å². The number of carbonyl (C=O) groups excluding carboxylic acids is 3. The van der Waals surface area contributed by atoms with Gasteiger partial charge < -0.3 is 14.4 Å². The van der Waals surface area contributed by atoms with Crippen LogP contribution in [0.15, 0.2) is 48.1 Å². The molecule has 3 nitrogen and oxygen atoms in total. The quantitative estimate of drug-likeness (QED) is 0.697. The van der Waals surface area contributed by atoms with E-state index in [9.17, 15) is 0 Å². The molecule has 0 aromatic carbocycles. The Morgan fingerprint density at radius 2 is 1.24 bits per heavy atom. The van der Waals surface area contributed by atoms with Crippen molar-refractivity contribution in [3.05, 3.63) is 48.1 Å². The molecule has 0 aromatic rings. The summed E-state index contributed by atoms with van der Waals surface area (Å²) in [5, 5.41) is 0. The van der Waals surface area contributed by atoms with Crippen molar-refractivity contribution in [2.45, 2.75) is 13.3 Å². The van der Waals surface area contributed by atoms with E-state index >= 15 is 0 Å².